The average molecular weight is 222 g/mol. The van der Waals surface area contributed by atoms with Crippen LogP contribution in [0.15, 0.2) is 30.3 Å². The van der Waals surface area contributed by atoms with E-state index in [0.717, 1.165) is 31.4 Å². The Bertz CT molecular complexity index is 293. The number of benzene rings is 1. The Morgan fingerprint density at radius 3 is 2.75 bits per heavy atom. The SMILES string of the molecule is OC[C@@H](O[C@H]1CCCCO1)c1ccccc1. The van der Waals surface area contributed by atoms with E-state index in [1.54, 1.807) is 0 Å². The fraction of sp³-hybridized carbons (Fsp3) is 0.538. The zero-order valence-corrected chi connectivity index (χ0v) is 9.34. The van der Waals surface area contributed by atoms with Gasteiger partial charge < -0.3 is 14.6 Å². The first-order valence-electron chi connectivity index (χ1n) is 5.83. The van der Waals surface area contributed by atoms with E-state index in [4.69, 9.17) is 9.47 Å². The summed E-state index contributed by atoms with van der Waals surface area (Å²) in [5.41, 5.74) is 0.999. The van der Waals surface area contributed by atoms with Crippen molar-refractivity contribution in [1.29, 1.82) is 0 Å². The molecule has 0 unspecified atom stereocenters. The molecule has 1 aromatic rings. The molecule has 1 fully saturated rings. The molecule has 1 heterocycles. The number of hydrogen-bond acceptors (Lipinski definition) is 3. The smallest absolute Gasteiger partial charge is 0.158 e. The van der Waals surface area contributed by atoms with E-state index in [1.165, 1.54) is 0 Å². The predicted octanol–water partition coefficient (Wildman–Crippen LogP) is 2.26. The second kappa shape index (κ2) is 5.99. The molecule has 1 aliphatic rings. The Kier molecular flexibility index (Phi) is 4.34. The van der Waals surface area contributed by atoms with Crippen LogP contribution in [0.3, 0.4) is 0 Å². The van der Waals surface area contributed by atoms with Gasteiger partial charge in [0.15, 0.2) is 6.29 Å². The Hall–Kier alpha value is -0.900. The van der Waals surface area contributed by atoms with E-state index in [-0.39, 0.29) is 19.0 Å². The van der Waals surface area contributed by atoms with Crippen molar-refractivity contribution in [2.45, 2.75) is 31.7 Å². The van der Waals surface area contributed by atoms with Gasteiger partial charge in [-0.15, -0.1) is 0 Å². The molecule has 88 valence electrons. The Morgan fingerprint density at radius 1 is 1.31 bits per heavy atom. The maximum absolute atomic E-state index is 9.33. The fourth-order valence-corrected chi connectivity index (χ4v) is 1.90. The molecule has 3 nitrogen and oxygen atoms in total. The first kappa shape index (κ1) is 11.6. The highest BCUT2D eigenvalue weighted by Gasteiger charge is 2.20. The molecule has 3 heteroatoms. The Balaban J connectivity index is 1.94. The molecule has 1 saturated heterocycles. The number of rotatable bonds is 4. The van der Waals surface area contributed by atoms with Crippen molar-refractivity contribution in [2.24, 2.45) is 0 Å². The largest absolute Gasteiger partial charge is 0.393 e. The van der Waals surface area contributed by atoms with E-state index in [0.29, 0.717) is 0 Å². The molecule has 0 radical (unpaired) electrons. The van der Waals surface area contributed by atoms with Crippen molar-refractivity contribution in [3.63, 3.8) is 0 Å². The Morgan fingerprint density at radius 2 is 2.12 bits per heavy atom. The van der Waals surface area contributed by atoms with E-state index in [9.17, 15) is 5.11 Å². The lowest BCUT2D eigenvalue weighted by Crippen LogP contribution is -2.25. The zero-order valence-electron chi connectivity index (χ0n) is 9.34. The van der Waals surface area contributed by atoms with Crippen LogP contribution in [-0.4, -0.2) is 24.6 Å². The molecule has 1 N–H and O–H groups in total. The van der Waals surface area contributed by atoms with Gasteiger partial charge in [0.2, 0.25) is 0 Å². The third kappa shape index (κ3) is 3.04. The van der Waals surface area contributed by atoms with Gasteiger partial charge in [0.05, 0.1) is 6.61 Å². The van der Waals surface area contributed by atoms with Crippen LogP contribution in [0.4, 0.5) is 0 Å². The summed E-state index contributed by atoms with van der Waals surface area (Å²) < 4.78 is 11.3. The van der Waals surface area contributed by atoms with Crippen molar-refractivity contribution in [2.75, 3.05) is 13.2 Å². The van der Waals surface area contributed by atoms with Gasteiger partial charge in [0.25, 0.3) is 0 Å². The molecular weight excluding hydrogens is 204 g/mol. The molecule has 0 aliphatic carbocycles. The van der Waals surface area contributed by atoms with Crippen LogP contribution >= 0.6 is 0 Å². The summed E-state index contributed by atoms with van der Waals surface area (Å²) in [6, 6.07) is 9.77. The van der Waals surface area contributed by atoms with Gasteiger partial charge in [-0.3, -0.25) is 0 Å². The summed E-state index contributed by atoms with van der Waals surface area (Å²) in [6.07, 6.45) is 2.73. The maximum Gasteiger partial charge on any atom is 0.158 e. The average Bonchev–Trinajstić information content (AvgIpc) is 2.38. The molecule has 16 heavy (non-hydrogen) atoms. The van der Waals surface area contributed by atoms with E-state index in [2.05, 4.69) is 0 Å². The number of aliphatic hydroxyl groups excluding tert-OH is 1. The van der Waals surface area contributed by atoms with Crippen molar-refractivity contribution in [3.05, 3.63) is 35.9 Å². The van der Waals surface area contributed by atoms with E-state index in [1.807, 2.05) is 30.3 Å². The van der Waals surface area contributed by atoms with Crippen LogP contribution in [-0.2, 0) is 9.47 Å². The second-order valence-corrected chi connectivity index (χ2v) is 4.01. The molecule has 0 spiro atoms. The summed E-state index contributed by atoms with van der Waals surface area (Å²) >= 11 is 0. The highest BCUT2D eigenvalue weighted by atomic mass is 16.7. The lowest BCUT2D eigenvalue weighted by molar-refractivity contribution is -0.196. The number of aliphatic hydroxyl groups is 1. The van der Waals surface area contributed by atoms with Crippen molar-refractivity contribution >= 4 is 0 Å². The highest BCUT2D eigenvalue weighted by molar-refractivity contribution is 5.17. The van der Waals surface area contributed by atoms with E-state index < -0.39 is 0 Å². The van der Waals surface area contributed by atoms with Crippen molar-refractivity contribution < 1.29 is 14.6 Å². The minimum atomic E-state index is -0.274. The number of hydrogen-bond donors (Lipinski definition) is 1. The topological polar surface area (TPSA) is 38.7 Å². The van der Waals surface area contributed by atoms with Gasteiger partial charge in [0.1, 0.15) is 6.10 Å². The van der Waals surface area contributed by atoms with Gasteiger partial charge in [0, 0.05) is 6.61 Å². The first-order valence-corrected chi connectivity index (χ1v) is 5.83. The third-order valence-corrected chi connectivity index (χ3v) is 2.79. The van der Waals surface area contributed by atoms with Crippen LogP contribution in [0.25, 0.3) is 0 Å². The summed E-state index contributed by atoms with van der Waals surface area (Å²) in [4.78, 5) is 0. The molecule has 2 atom stereocenters. The van der Waals surface area contributed by atoms with Crippen LogP contribution < -0.4 is 0 Å². The monoisotopic (exact) mass is 222 g/mol. The van der Waals surface area contributed by atoms with Crippen LogP contribution in [0.2, 0.25) is 0 Å². The summed E-state index contributed by atoms with van der Waals surface area (Å²) in [5, 5.41) is 9.33. The number of ether oxygens (including phenoxy) is 2. The normalized spacial score (nSPS) is 22.9. The van der Waals surface area contributed by atoms with E-state index >= 15 is 0 Å². The molecule has 0 saturated carbocycles. The lowest BCUT2D eigenvalue weighted by Gasteiger charge is -2.27. The summed E-state index contributed by atoms with van der Waals surface area (Å²) in [5.74, 6) is 0. The van der Waals surface area contributed by atoms with Gasteiger partial charge in [-0.2, -0.15) is 0 Å². The van der Waals surface area contributed by atoms with Crippen molar-refractivity contribution in [3.8, 4) is 0 Å². The molecule has 2 rings (SSSR count). The summed E-state index contributed by atoms with van der Waals surface area (Å²) in [6.45, 7) is 0.751. The lowest BCUT2D eigenvalue weighted by atomic mass is 10.1. The molecule has 0 bridgehead atoms. The molecule has 0 amide bonds. The second-order valence-electron chi connectivity index (χ2n) is 4.01. The maximum atomic E-state index is 9.33. The van der Waals surface area contributed by atoms with Crippen LogP contribution in [0.1, 0.15) is 30.9 Å². The first-order chi connectivity index (χ1) is 7.90. The molecule has 1 aliphatic heterocycles. The van der Waals surface area contributed by atoms with Crippen LogP contribution in [0.5, 0.6) is 0 Å². The summed E-state index contributed by atoms with van der Waals surface area (Å²) in [7, 11) is 0. The third-order valence-electron chi connectivity index (χ3n) is 2.79. The molecule has 1 aromatic carbocycles. The predicted molar refractivity (Wildman–Crippen MR) is 60.9 cm³/mol. The molecular formula is C13H18O3. The standard InChI is InChI=1S/C13H18O3/c14-10-12(11-6-2-1-3-7-11)16-13-8-4-5-9-15-13/h1-3,6-7,12-14H,4-5,8-10H2/t12-,13+/m1/s1. The van der Waals surface area contributed by atoms with Gasteiger partial charge >= 0.3 is 0 Å². The zero-order chi connectivity index (χ0) is 11.2. The minimum Gasteiger partial charge on any atom is -0.393 e. The highest BCUT2D eigenvalue weighted by Crippen LogP contribution is 2.23. The fourth-order valence-electron chi connectivity index (χ4n) is 1.90. The van der Waals surface area contributed by atoms with Crippen LogP contribution in [0, 0.1) is 0 Å². The van der Waals surface area contributed by atoms with Gasteiger partial charge in [-0.25, -0.2) is 0 Å². The quantitative estimate of drug-likeness (QED) is 0.849. The Labute approximate surface area is 96.0 Å². The molecule has 0 aromatic heterocycles. The van der Waals surface area contributed by atoms with Crippen molar-refractivity contribution in [1.82, 2.24) is 0 Å². The van der Waals surface area contributed by atoms with Gasteiger partial charge in [-0.05, 0) is 24.8 Å². The minimum absolute atomic E-state index is 0.0100. The van der Waals surface area contributed by atoms with Gasteiger partial charge in [-0.1, -0.05) is 30.3 Å².